The van der Waals surface area contributed by atoms with E-state index in [0.717, 1.165) is 11.3 Å². The van der Waals surface area contributed by atoms with Crippen LogP contribution in [0.3, 0.4) is 0 Å². The Kier molecular flexibility index (Phi) is 4.70. The standard InChI is InChI=1S/C20H25NO3/c1-19(2,3)14-7-12-18(17(13-14)20(4,5)6)24-16-10-8-15(9-11-16)21(22)23/h7-13H,1-6H3. The zero-order valence-electron chi connectivity index (χ0n) is 15.2. The Labute approximate surface area is 143 Å². The fraction of sp³-hybridized carbons (Fsp3) is 0.400. The van der Waals surface area contributed by atoms with Crippen LogP contribution in [0.15, 0.2) is 42.5 Å². The van der Waals surface area contributed by atoms with E-state index in [1.54, 1.807) is 12.1 Å². The van der Waals surface area contributed by atoms with E-state index in [0.29, 0.717) is 5.75 Å². The van der Waals surface area contributed by atoms with E-state index in [2.05, 4.69) is 53.7 Å². The Balaban J connectivity index is 2.40. The fourth-order valence-corrected chi connectivity index (χ4v) is 2.43. The van der Waals surface area contributed by atoms with Gasteiger partial charge in [0.15, 0.2) is 0 Å². The van der Waals surface area contributed by atoms with Gasteiger partial charge < -0.3 is 4.74 Å². The van der Waals surface area contributed by atoms with Gasteiger partial charge in [-0.05, 0) is 34.6 Å². The van der Waals surface area contributed by atoms with Gasteiger partial charge in [-0.25, -0.2) is 0 Å². The lowest BCUT2D eigenvalue weighted by Gasteiger charge is -2.27. The summed E-state index contributed by atoms with van der Waals surface area (Å²) in [6.07, 6.45) is 0. The van der Waals surface area contributed by atoms with Crippen LogP contribution in [-0.4, -0.2) is 4.92 Å². The maximum atomic E-state index is 10.8. The minimum Gasteiger partial charge on any atom is -0.457 e. The highest BCUT2D eigenvalue weighted by atomic mass is 16.6. The summed E-state index contributed by atoms with van der Waals surface area (Å²) < 4.78 is 6.02. The van der Waals surface area contributed by atoms with Crippen LogP contribution in [0.5, 0.6) is 11.5 Å². The van der Waals surface area contributed by atoms with Gasteiger partial charge in [-0.2, -0.15) is 0 Å². The first-order valence-electron chi connectivity index (χ1n) is 8.06. The molecule has 4 nitrogen and oxygen atoms in total. The Hall–Kier alpha value is -2.36. The normalized spacial score (nSPS) is 12.1. The molecule has 0 N–H and O–H groups in total. The van der Waals surface area contributed by atoms with Crippen LogP contribution < -0.4 is 4.74 Å². The predicted octanol–water partition coefficient (Wildman–Crippen LogP) is 5.98. The highest BCUT2D eigenvalue weighted by Crippen LogP contribution is 2.37. The summed E-state index contributed by atoms with van der Waals surface area (Å²) >= 11 is 0. The first-order chi connectivity index (χ1) is 11.0. The second-order valence-electron chi connectivity index (χ2n) is 8.06. The van der Waals surface area contributed by atoms with Crippen molar-refractivity contribution in [1.29, 1.82) is 0 Å². The third-order valence-corrected chi connectivity index (χ3v) is 3.93. The van der Waals surface area contributed by atoms with E-state index < -0.39 is 4.92 Å². The monoisotopic (exact) mass is 327 g/mol. The Morgan fingerprint density at radius 3 is 1.92 bits per heavy atom. The second-order valence-corrected chi connectivity index (χ2v) is 8.06. The Morgan fingerprint density at radius 1 is 0.875 bits per heavy atom. The maximum Gasteiger partial charge on any atom is 0.269 e. The van der Waals surface area contributed by atoms with E-state index in [9.17, 15) is 10.1 Å². The SMILES string of the molecule is CC(C)(C)c1ccc(Oc2ccc([N+](=O)[O-])cc2)c(C(C)(C)C)c1. The predicted molar refractivity (Wildman–Crippen MR) is 97.0 cm³/mol. The van der Waals surface area contributed by atoms with Crippen molar-refractivity contribution in [3.05, 3.63) is 63.7 Å². The highest BCUT2D eigenvalue weighted by molar-refractivity contribution is 5.46. The van der Waals surface area contributed by atoms with Gasteiger partial charge in [0.05, 0.1) is 4.92 Å². The van der Waals surface area contributed by atoms with E-state index in [-0.39, 0.29) is 16.5 Å². The molecule has 0 aliphatic rings. The van der Waals surface area contributed by atoms with Gasteiger partial charge >= 0.3 is 0 Å². The summed E-state index contributed by atoms with van der Waals surface area (Å²) in [6, 6.07) is 12.4. The summed E-state index contributed by atoms with van der Waals surface area (Å²) in [5, 5.41) is 10.8. The Bertz CT molecular complexity index is 735. The van der Waals surface area contributed by atoms with E-state index in [1.165, 1.54) is 17.7 Å². The second kappa shape index (κ2) is 6.27. The molecule has 24 heavy (non-hydrogen) atoms. The van der Waals surface area contributed by atoms with Crippen molar-refractivity contribution >= 4 is 5.69 Å². The quantitative estimate of drug-likeness (QED) is 0.514. The van der Waals surface area contributed by atoms with Crippen molar-refractivity contribution in [3.63, 3.8) is 0 Å². The zero-order chi connectivity index (χ0) is 18.1. The van der Waals surface area contributed by atoms with Crippen LogP contribution in [0.4, 0.5) is 5.69 Å². The molecule has 0 amide bonds. The van der Waals surface area contributed by atoms with Crippen LogP contribution in [0.1, 0.15) is 52.7 Å². The molecule has 0 bridgehead atoms. The van der Waals surface area contributed by atoms with Gasteiger partial charge in [-0.3, -0.25) is 10.1 Å². The molecule has 0 aliphatic carbocycles. The number of hydrogen-bond acceptors (Lipinski definition) is 3. The number of benzene rings is 2. The average Bonchev–Trinajstić information content (AvgIpc) is 2.46. The topological polar surface area (TPSA) is 52.4 Å². The molecule has 2 aromatic carbocycles. The van der Waals surface area contributed by atoms with Gasteiger partial charge in [0.2, 0.25) is 0 Å². The minimum atomic E-state index is -0.414. The largest absolute Gasteiger partial charge is 0.457 e. The van der Waals surface area contributed by atoms with Crippen LogP contribution in [0.25, 0.3) is 0 Å². The lowest BCUT2D eigenvalue weighted by atomic mass is 9.80. The molecular weight excluding hydrogens is 302 g/mol. The number of nitro groups is 1. The van der Waals surface area contributed by atoms with Gasteiger partial charge in [-0.1, -0.05) is 53.7 Å². The van der Waals surface area contributed by atoms with E-state index in [4.69, 9.17) is 4.74 Å². The van der Waals surface area contributed by atoms with E-state index >= 15 is 0 Å². The number of nitrogens with zero attached hydrogens (tertiary/aromatic N) is 1. The van der Waals surface area contributed by atoms with Gasteiger partial charge in [0, 0.05) is 17.7 Å². The number of nitro benzene ring substituents is 1. The van der Waals surface area contributed by atoms with Crippen LogP contribution in [0, 0.1) is 10.1 Å². The third kappa shape index (κ3) is 4.13. The molecule has 0 saturated heterocycles. The lowest BCUT2D eigenvalue weighted by Crippen LogP contribution is -2.17. The first-order valence-corrected chi connectivity index (χ1v) is 8.06. The minimum absolute atomic E-state index is 0.0569. The number of rotatable bonds is 3. The summed E-state index contributed by atoms with van der Waals surface area (Å²) in [6.45, 7) is 13.0. The summed E-state index contributed by atoms with van der Waals surface area (Å²) in [5.74, 6) is 1.37. The molecule has 128 valence electrons. The highest BCUT2D eigenvalue weighted by Gasteiger charge is 2.23. The van der Waals surface area contributed by atoms with Crippen molar-refractivity contribution in [3.8, 4) is 11.5 Å². The number of hydrogen-bond donors (Lipinski definition) is 0. The van der Waals surface area contributed by atoms with E-state index in [1.807, 2.05) is 6.07 Å². The van der Waals surface area contributed by atoms with Crippen LogP contribution >= 0.6 is 0 Å². The molecule has 0 saturated carbocycles. The molecule has 0 radical (unpaired) electrons. The number of non-ortho nitro benzene ring substituents is 1. The van der Waals surface area contributed by atoms with Crippen molar-refractivity contribution < 1.29 is 9.66 Å². The molecule has 0 atom stereocenters. The fourth-order valence-electron chi connectivity index (χ4n) is 2.43. The maximum absolute atomic E-state index is 10.8. The molecule has 0 spiro atoms. The van der Waals surface area contributed by atoms with Crippen molar-refractivity contribution in [2.24, 2.45) is 0 Å². The summed E-state index contributed by atoms with van der Waals surface area (Å²) in [5.41, 5.74) is 2.42. The lowest BCUT2D eigenvalue weighted by molar-refractivity contribution is -0.384. The first kappa shape index (κ1) is 18.0. The van der Waals surface area contributed by atoms with Crippen molar-refractivity contribution in [1.82, 2.24) is 0 Å². The van der Waals surface area contributed by atoms with Gasteiger partial charge in [0.1, 0.15) is 11.5 Å². The molecule has 0 fully saturated rings. The molecule has 0 unspecified atom stereocenters. The number of ether oxygens (including phenoxy) is 1. The molecule has 2 rings (SSSR count). The van der Waals surface area contributed by atoms with Crippen LogP contribution in [0.2, 0.25) is 0 Å². The summed E-state index contributed by atoms with van der Waals surface area (Å²) in [7, 11) is 0. The molecule has 2 aromatic rings. The summed E-state index contributed by atoms with van der Waals surface area (Å²) in [4.78, 5) is 10.3. The Morgan fingerprint density at radius 2 is 1.46 bits per heavy atom. The van der Waals surface area contributed by atoms with Crippen LogP contribution in [-0.2, 0) is 10.8 Å². The molecular formula is C20H25NO3. The molecule has 0 heterocycles. The molecule has 4 heteroatoms. The molecule has 0 aromatic heterocycles. The zero-order valence-corrected chi connectivity index (χ0v) is 15.2. The van der Waals surface area contributed by atoms with Crippen molar-refractivity contribution in [2.75, 3.05) is 0 Å². The van der Waals surface area contributed by atoms with Gasteiger partial charge in [0.25, 0.3) is 5.69 Å². The third-order valence-electron chi connectivity index (χ3n) is 3.93. The van der Waals surface area contributed by atoms with Gasteiger partial charge in [-0.15, -0.1) is 0 Å². The smallest absolute Gasteiger partial charge is 0.269 e. The van der Waals surface area contributed by atoms with Crippen molar-refractivity contribution in [2.45, 2.75) is 52.4 Å². The molecule has 0 aliphatic heterocycles. The average molecular weight is 327 g/mol.